The van der Waals surface area contributed by atoms with Crippen molar-refractivity contribution in [2.24, 2.45) is 0 Å². The lowest BCUT2D eigenvalue weighted by atomic mass is 10.1. The largest absolute Gasteiger partial charge is 0.497 e. The molecule has 0 aliphatic carbocycles. The molecule has 1 N–H and O–H groups in total. The summed E-state index contributed by atoms with van der Waals surface area (Å²) in [6, 6.07) is 14.6. The molecule has 0 aliphatic heterocycles. The van der Waals surface area contributed by atoms with E-state index in [9.17, 15) is 4.79 Å². The molecule has 2 aromatic carbocycles. The highest BCUT2D eigenvalue weighted by Crippen LogP contribution is 2.16. The molecule has 4 nitrogen and oxygen atoms in total. The predicted octanol–water partition coefficient (Wildman–Crippen LogP) is 4.29. The van der Waals surface area contributed by atoms with Crippen LogP contribution in [0.1, 0.15) is 23.7 Å². The average Bonchev–Trinajstić information content (AvgIpc) is 2.61. The lowest BCUT2D eigenvalue weighted by Crippen LogP contribution is -1.97. The summed E-state index contributed by atoms with van der Waals surface area (Å²) in [5.74, 6) is 1.51. The average molecular weight is 311 g/mol. The number of rotatable bonds is 8. The Labute approximate surface area is 136 Å². The maximum Gasteiger partial charge on any atom is 0.187 e. The zero-order valence-electron chi connectivity index (χ0n) is 13.4. The summed E-state index contributed by atoms with van der Waals surface area (Å²) in [5, 5.41) is 3.07. The standard InChI is InChI=1S/C19H21NO3/c1-3-14-23-18-10-6-16(7-11-18)20-13-12-19(21)15-4-8-17(22-2)9-5-15/h4-13,20H,3,14H2,1-2H3/b13-12+. The molecule has 0 saturated carbocycles. The van der Waals surface area contributed by atoms with E-state index in [1.54, 1.807) is 37.6 Å². The van der Waals surface area contributed by atoms with Gasteiger partial charge in [-0.15, -0.1) is 0 Å². The van der Waals surface area contributed by atoms with Gasteiger partial charge in [0.1, 0.15) is 11.5 Å². The first-order valence-corrected chi connectivity index (χ1v) is 7.57. The molecular formula is C19H21NO3. The molecule has 23 heavy (non-hydrogen) atoms. The van der Waals surface area contributed by atoms with Crippen LogP contribution in [0.4, 0.5) is 5.69 Å². The fourth-order valence-corrected chi connectivity index (χ4v) is 1.93. The van der Waals surface area contributed by atoms with Crippen molar-refractivity contribution in [3.05, 3.63) is 66.4 Å². The van der Waals surface area contributed by atoms with Crippen molar-refractivity contribution < 1.29 is 14.3 Å². The van der Waals surface area contributed by atoms with Crippen LogP contribution in [0.3, 0.4) is 0 Å². The topological polar surface area (TPSA) is 47.6 Å². The Morgan fingerprint density at radius 1 is 1.04 bits per heavy atom. The molecule has 0 bridgehead atoms. The van der Waals surface area contributed by atoms with Crippen molar-refractivity contribution in [1.82, 2.24) is 0 Å². The lowest BCUT2D eigenvalue weighted by Gasteiger charge is -2.05. The molecule has 0 aliphatic rings. The lowest BCUT2D eigenvalue weighted by molar-refractivity contribution is 0.104. The maximum absolute atomic E-state index is 12.0. The minimum Gasteiger partial charge on any atom is -0.497 e. The van der Waals surface area contributed by atoms with Gasteiger partial charge in [-0.1, -0.05) is 6.92 Å². The number of carbonyl (C=O) groups is 1. The van der Waals surface area contributed by atoms with Crippen LogP contribution in [0.25, 0.3) is 0 Å². The van der Waals surface area contributed by atoms with Crippen molar-refractivity contribution in [3.63, 3.8) is 0 Å². The molecule has 4 heteroatoms. The summed E-state index contributed by atoms with van der Waals surface area (Å²) >= 11 is 0. The molecule has 0 fully saturated rings. The summed E-state index contributed by atoms with van der Waals surface area (Å²) in [6.45, 7) is 2.78. The van der Waals surface area contributed by atoms with Crippen LogP contribution in [0.5, 0.6) is 11.5 Å². The second kappa shape index (κ2) is 8.63. The number of methoxy groups -OCH3 is 1. The summed E-state index contributed by atoms with van der Waals surface area (Å²) in [6.07, 6.45) is 4.12. The first-order valence-electron chi connectivity index (χ1n) is 7.57. The third kappa shape index (κ3) is 5.18. The first kappa shape index (κ1) is 16.6. The summed E-state index contributed by atoms with van der Waals surface area (Å²) < 4.78 is 10.6. The Morgan fingerprint density at radius 2 is 1.70 bits per heavy atom. The van der Waals surface area contributed by atoms with Crippen LogP contribution in [0, 0.1) is 0 Å². The molecule has 0 aromatic heterocycles. The Balaban J connectivity index is 1.88. The number of ether oxygens (including phenoxy) is 2. The monoisotopic (exact) mass is 311 g/mol. The highest BCUT2D eigenvalue weighted by atomic mass is 16.5. The van der Waals surface area contributed by atoms with E-state index in [0.717, 1.165) is 23.6 Å². The van der Waals surface area contributed by atoms with Crippen LogP contribution in [0.2, 0.25) is 0 Å². The Morgan fingerprint density at radius 3 is 2.30 bits per heavy atom. The minimum absolute atomic E-state index is 0.0666. The molecule has 0 spiro atoms. The van der Waals surface area contributed by atoms with Gasteiger partial charge >= 0.3 is 0 Å². The number of nitrogens with one attached hydrogen (secondary N) is 1. The van der Waals surface area contributed by atoms with Gasteiger partial charge in [-0.25, -0.2) is 0 Å². The van der Waals surface area contributed by atoms with E-state index >= 15 is 0 Å². The number of benzene rings is 2. The van der Waals surface area contributed by atoms with Gasteiger partial charge in [0.05, 0.1) is 13.7 Å². The molecule has 2 aromatic rings. The third-order valence-electron chi connectivity index (χ3n) is 3.19. The molecule has 0 radical (unpaired) electrons. The van der Waals surface area contributed by atoms with E-state index < -0.39 is 0 Å². The molecule has 0 atom stereocenters. The quantitative estimate of drug-likeness (QED) is 0.583. The van der Waals surface area contributed by atoms with Crippen molar-refractivity contribution in [3.8, 4) is 11.5 Å². The highest BCUT2D eigenvalue weighted by Gasteiger charge is 2.01. The maximum atomic E-state index is 12.0. The van der Waals surface area contributed by atoms with Gasteiger partial charge in [0.15, 0.2) is 5.78 Å². The molecule has 120 valence electrons. The summed E-state index contributed by atoms with van der Waals surface area (Å²) in [5.41, 5.74) is 1.51. The van der Waals surface area contributed by atoms with E-state index in [0.29, 0.717) is 12.2 Å². The fraction of sp³-hybridized carbons (Fsp3) is 0.211. The minimum atomic E-state index is -0.0666. The number of carbonyl (C=O) groups excluding carboxylic acids is 1. The number of hydrogen-bond donors (Lipinski definition) is 1. The Kier molecular flexibility index (Phi) is 6.24. The number of ketones is 1. The normalized spacial score (nSPS) is 10.5. The second-order valence-electron chi connectivity index (χ2n) is 4.94. The summed E-state index contributed by atoms with van der Waals surface area (Å²) in [4.78, 5) is 12.0. The van der Waals surface area contributed by atoms with Gasteiger partial charge in [-0.05, 0) is 55.0 Å². The molecule has 2 rings (SSSR count). The zero-order chi connectivity index (χ0) is 16.5. The summed E-state index contributed by atoms with van der Waals surface area (Å²) in [7, 11) is 1.60. The van der Waals surface area contributed by atoms with Crippen LogP contribution in [-0.2, 0) is 0 Å². The van der Waals surface area contributed by atoms with Crippen molar-refractivity contribution in [2.45, 2.75) is 13.3 Å². The molecule has 0 amide bonds. The van der Waals surface area contributed by atoms with Gasteiger partial charge < -0.3 is 14.8 Å². The molecule has 0 unspecified atom stereocenters. The number of anilines is 1. The van der Waals surface area contributed by atoms with Crippen molar-refractivity contribution in [2.75, 3.05) is 19.0 Å². The number of hydrogen-bond acceptors (Lipinski definition) is 4. The highest BCUT2D eigenvalue weighted by molar-refractivity contribution is 6.04. The van der Waals surface area contributed by atoms with Gasteiger partial charge in [0.2, 0.25) is 0 Å². The van der Waals surface area contributed by atoms with E-state index in [2.05, 4.69) is 12.2 Å². The first-order chi connectivity index (χ1) is 11.2. The van der Waals surface area contributed by atoms with E-state index in [1.807, 2.05) is 24.3 Å². The predicted molar refractivity (Wildman–Crippen MR) is 92.3 cm³/mol. The van der Waals surface area contributed by atoms with Crippen molar-refractivity contribution in [1.29, 1.82) is 0 Å². The van der Waals surface area contributed by atoms with E-state index in [1.165, 1.54) is 6.08 Å². The van der Waals surface area contributed by atoms with Gasteiger partial charge in [-0.3, -0.25) is 4.79 Å². The van der Waals surface area contributed by atoms with Crippen LogP contribution in [0.15, 0.2) is 60.8 Å². The smallest absolute Gasteiger partial charge is 0.187 e. The van der Waals surface area contributed by atoms with Gasteiger partial charge in [0.25, 0.3) is 0 Å². The molecule has 0 heterocycles. The van der Waals surface area contributed by atoms with Crippen molar-refractivity contribution >= 4 is 11.5 Å². The Bertz CT molecular complexity index is 645. The van der Waals surface area contributed by atoms with Crippen LogP contribution >= 0.6 is 0 Å². The van der Waals surface area contributed by atoms with E-state index in [4.69, 9.17) is 9.47 Å². The fourth-order valence-electron chi connectivity index (χ4n) is 1.93. The van der Waals surface area contributed by atoms with Crippen LogP contribution in [-0.4, -0.2) is 19.5 Å². The third-order valence-corrected chi connectivity index (χ3v) is 3.19. The molecule has 0 saturated heterocycles. The Hall–Kier alpha value is -2.75. The van der Waals surface area contributed by atoms with Gasteiger partial charge in [-0.2, -0.15) is 0 Å². The zero-order valence-corrected chi connectivity index (χ0v) is 13.4. The van der Waals surface area contributed by atoms with Crippen LogP contribution < -0.4 is 14.8 Å². The van der Waals surface area contributed by atoms with Gasteiger partial charge in [0, 0.05) is 23.5 Å². The SMILES string of the molecule is CCCOc1ccc(N/C=C/C(=O)c2ccc(OC)cc2)cc1. The number of allylic oxidation sites excluding steroid dienone is 1. The molecular weight excluding hydrogens is 290 g/mol. The van der Waals surface area contributed by atoms with E-state index in [-0.39, 0.29) is 5.78 Å². The second-order valence-corrected chi connectivity index (χ2v) is 4.94.